The van der Waals surface area contributed by atoms with Gasteiger partial charge in [-0.2, -0.15) is 0 Å². The van der Waals surface area contributed by atoms with Crippen molar-refractivity contribution in [3.8, 4) is 0 Å². The Bertz CT molecular complexity index is 125. The van der Waals surface area contributed by atoms with Crippen LogP contribution in [0.1, 0.15) is 19.3 Å². The summed E-state index contributed by atoms with van der Waals surface area (Å²) in [7, 11) is 1.68. The predicted octanol–water partition coefficient (Wildman–Crippen LogP) is 0.644. The van der Waals surface area contributed by atoms with Crippen LogP contribution in [0.3, 0.4) is 0 Å². The van der Waals surface area contributed by atoms with Crippen LogP contribution in [0.15, 0.2) is 0 Å². The zero-order valence-electron chi connectivity index (χ0n) is 6.95. The van der Waals surface area contributed by atoms with Gasteiger partial charge in [0.25, 0.3) is 0 Å². The molecule has 0 N–H and O–H groups in total. The van der Waals surface area contributed by atoms with Crippen molar-refractivity contribution >= 4 is 6.41 Å². The fourth-order valence-corrected chi connectivity index (χ4v) is 1.53. The van der Waals surface area contributed by atoms with Crippen LogP contribution < -0.4 is 0 Å². The van der Waals surface area contributed by atoms with Crippen LogP contribution in [0.25, 0.3) is 0 Å². The molecule has 0 unspecified atom stereocenters. The molecule has 3 nitrogen and oxygen atoms in total. The number of methoxy groups -OCH3 is 1. The van der Waals surface area contributed by atoms with Crippen LogP contribution in [0.4, 0.5) is 0 Å². The molecule has 11 heavy (non-hydrogen) atoms. The Labute approximate surface area is 67.3 Å². The summed E-state index contributed by atoms with van der Waals surface area (Å²) >= 11 is 0. The number of likely N-dealkylation sites (tertiary alicyclic amines) is 1. The van der Waals surface area contributed by atoms with Gasteiger partial charge in [-0.05, 0) is 19.3 Å². The van der Waals surface area contributed by atoms with E-state index in [9.17, 15) is 4.79 Å². The van der Waals surface area contributed by atoms with E-state index in [1.807, 2.05) is 4.90 Å². The first kappa shape index (κ1) is 8.53. The van der Waals surface area contributed by atoms with Gasteiger partial charge in [-0.15, -0.1) is 0 Å². The first-order chi connectivity index (χ1) is 5.38. The molecule has 0 spiro atoms. The second-order valence-electron chi connectivity index (χ2n) is 2.95. The molecule has 1 atom stereocenters. The molecule has 1 saturated heterocycles. The number of rotatable bonds is 3. The summed E-state index contributed by atoms with van der Waals surface area (Å²) in [5.74, 6) is 0. The largest absolute Gasteiger partial charge is 0.383 e. The number of hydrogen-bond donors (Lipinski definition) is 0. The molecule has 0 radical (unpaired) electrons. The van der Waals surface area contributed by atoms with Gasteiger partial charge in [-0.1, -0.05) is 0 Å². The highest BCUT2D eigenvalue weighted by Gasteiger charge is 2.19. The number of amides is 1. The lowest BCUT2D eigenvalue weighted by Gasteiger charge is -2.31. The highest BCUT2D eigenvalue weighted by Crippen LogP contribution is 2.14. The minimum Gasteiger partial charge on any atom is -0.383 e. The van der Waals surface area contributed by atoms with Crippen LogP contribution in [0.2, 0.25) is 0 Å². The minimum absolute atomic E-state index is 0.325. The zero-order chi connectivity index (χ0) is 8.10. The minimum atomic E-state index is 0.325. The molecule has 1 aliphatic rings. The standard InChI is InChI=1S/C8H15NO2/c1-11-6-8-4-2-3-5-9(8)7-10/h7-8H,2-6H2,1H3/t8-/m1/s1. The monoisotopic (exact) mass is 157 g/mol. The second kappa shape index (κ2) is 4.34. The van der Waals surface area contributed by atoms with Gasteiger partial charge in [0.1, 0.15) is 0 Å². The molecular formula is C8H15NO2. The van der Waals surface area contributed by atoms with Crippen molar-refractivity contribution in [2.75, 3.05) is 20.3 Å². The molecule has 1 fully saturated rings. The Morgan fingerprint density at radius 1 is 1.64 bits per heavy atom. The molecule has 0 aromatic rings. The second-order valence-corrected chi connectivity index (χ2v) is 2.95. The van der Waals surface area contributed by atoms with E-state index < -0.39 is 0 Å². The van der Waals surface area contributed by atoms with E-state index in [4.69, 9.17) is 4.74 Å². The van der Waals surface area contributed by atoms with Crippen molar-refractivity contribution < 1.29 is 9.53 Å². The summed E-state index contributed by atoms with van der Waals surface area (Å²) in [6, 6.07) is 0.325. The molecule has 0 aromatic heterocycles. The lowest BCUT2D eigenvalue weighted by atomic mass is 10.0. The average molecular weight is 157 g/mol. The first-order valence-corrected chi connectivity index (χ1v) is 4.08. The van der Waals surface area contributed by atoms with Crippen LogP contribution in [0, 0.1) is 0 Å². The topological polar surface area (TPSA) is 29.5 Å². The van der Waals surface area contributed by atoms with Crippen LogP contribution >= 0.6 is 0 Å². The van der Waals surface area contributed by atoms with Gasteiger partial charge in [-0.25, -0.2) is 0 Å². The third-order valence-electron chi connectivity index (χ3n) is 2.17. The van der Waals surface area contributed by atoms with Crippen LogP contribution in [-0.4, -0.2) is 37.6 Å². The van der Waals surface area contributed by atoms with Gasteiger partial charge in [0.2, 0.25) is 6.41 Å². The molecule has 0 saturated carbocycles. The van der Waals surface area contributed by atoms with E-state index in [2.05, 4.69) is 0 Å². The maximum atomic E-state index is 10.5. The highest BCUT2D eigenvalue weighted by molar-refractivity contribution is 5.47. The number of carbonyl (C=O) groups is 1. The lowest BCUT2D eigenvalue weighted by molar-refractivity contribution is -0.122. The van der Waals surface area contributed by atoms with Gasteiger partial charge in [0, 0.05) is 13.7 Å². The zero-order valence-corrected chi connectivity index (χ0v) is 6.95. The van der Waals surface area contributed by atoms with Gasteiger partial charge in [0.15, 0.2) is 0 Å². The summed E-state index contributed by atoms with van der Waals surface area (Å²) < 4.78 is 5.01. The van der Waals surface area contributed by atoms with Crippen LogP contribution in [0.5, 0.6) is 0 Å². The number of piperidine rings is 1. The molecule has 0 aromatic carbocycles. The summed E-state index contributed by atoms with van der Waals surface area (Å²) in [6.07, 6.45) is 4.38. The van der Waals surface area contributed by atoms with E-state index in [-0.39, 0.29) is 0 Å². The number of hydrogen-bond acceptors (Lipinski definition) is 2. The molecule has 3 heteroatoms. The molecule has 0 bridgehead atoms. The Hall–Kier alpha value is -0.570. The fraction of sp³-hybridized carbons (Fsp3) is 0.875. The molecule has 1 heterocycles. The number of carbonyl (C=O) groups excluding carboxylic acids is 1. The van der Waals surface area contributed by atoms with Crippen molar-refractivity contribution in [3.05, 3.63) is 0 Å². The Morgan fingerprint density at radius 3 is 3.09 bits per heavy atom. The van der Waals surface area contributed by atoms with Gasteiger partial charge < -0.3 is 9.64 Å². The van der Waals surface area contributed by atoms with E-state index in [1.54, 1.807) is 7.11 Å². The van der Waals surface area contributed by atoms with E-state index in [0.29, 0.717) is 12.6 Å². The van der Waals surface area contributed by atoms with E-state index in [1.165, 1.54) is 6.42 Å². The highest BCUT2D eigenvalue weighted by atomic mass is 16.5. The summed E-state index contributed by atoms with van der Waals surface area (Å²) in [4.78, 5) is 12.4. The quantitative estimate of drug-likeness (QED) is 0.563. The third-order valence-corrected chi connectivity index (χ3v) is 2.17. The average Bonchev–Trinajstić information content (AvgIpc) is 2.06. The van der Waals surface area contributed by atoms with Crippen molar-refractivity contribution in [1.29, 1.82) is 0 Å². The maximum Gasteiger partial charge on any atom is 0.210 e. The van der Waals surface area contributed by atoms with Gasteiger partial charge >= 0.3 is 0 Å². The van der Waals surface area contributed by atoms with Crippen molar-refractivity contribution in [3.63, 3.8) is 0 Å². The first-order valence-electron chi connectivity index (χ1n) is 4.08. The Balaban J connectivity index is 2.37. The maximum absolute atomic E-state index is 10.5. The predicted molar refractivity (Wildman–Crippen MR) is 42.3 cm³/mol. The van der Waals surface area contributed by atoms with Crippen molar-refractivity contribution in [2.24, 2.45) is 0 Å². The number of nitrogens with zero attached hydrogens (tertiary/aromatic N) is 1. The van der Waals surface area contributed by atoms with E-state index in [0.717, 1.165) is 25.8 Å². The Morgan fingerprint density at radius 2 is 2.45 bits per heavy atom. The van der Waals surface area contributed by atoms with Crippen LogP contribution in [-0.2, 0) is 9.53 Å². The molecule has 64 valence electrons. The molecule has 1 rings (SSSR count). The number of ether oxygens (including phenoxy) is 1. The summed E-state index contributed by atoms with van der Waals surface area (Å²) in [5, 5.41) is 0. The molecular weight excluding hydrogens is 142 g/mol. The molecule has 1 aliphatic heterocycles. The fourth-order valence-electron chi connectivity index (χ4n) is 1.53. The Kier molecular flexibility index (Phi) is 3.36. The van der Waals surface area contributed by atoms with Gasteiger partial charge in [0.05, 0.1) is 12.6 Å². The summed E-state index contributed by atoms with van der Waals surface area (Å²) in [5.41, 5.74) is 0. The molecule has 0 aliphatic carbocycles. The summed E-state index contributed by atoms with van der Waals surface area (Å²) in [6.45, 7) is 1.58. The van der Waals surface area contributed by atoms with Gasteiger partial charge in [-0.3, -0.25) is 4.79 Å². The lowest BCUT2D eigenvalue weighted by Crippen LogP contribution is -2.41. The molecule has 1 amide bonds. The normalized spacial score (nSPS) is 25.2. The van der Waals surface area contributed by atoms with Crippen molar-refractivity contribution in [1.82, 2.24) is 4.90 Å². The smallest absolute Gasteiger partial charge is 0.210 e. The van der Waals surface area contributed by atoms with E-state index >= 15 is 0 Å². The third kappa shape index (κ3) is 2.19. The van der Waals surface area contributed by atoms with Crippen molar-refractivity contribution in [2.45, 2.75) is 25.3 Å². The SMILES string of the molecule is COC[C@H]1CCCCN1C=O.